The highest BCUT2D eigenvalue weighted by Crippen LogP contribution is 2.14. The minimum atomic E-state index is -1.07. The predicted molar refractivity (Wildman–Crippen MR) is 68.4 cm³/mol. The van der Waals surface area contributed by atoms with Gasteiger partial charge in [-0.15, -0.1) is 11.3 Å². The monoisotopic (exact) mass is 280 g/mol. The molecule has 0 saturated heterocycles. The Kier molecular flexibility index (Phi) is 3.66. The minimum absolute atomic E-state index is 0.00964. The van der Waals surface area contributed by atoms with Gasteiger partial charge in [0.05, 0.1) is 12.1 Å². The number of aromatic nitrogens is 1. The zero-order valence-electron chi connectivity index (χ0n) is 10.4. The SMILES string of the molecule is Cc1cc(C(=O)NCc2nc(C(=O)O)cs2)c(C)o1. The van der Waals surface area contributed by atoms with Gasteiger partial charge >= 0.3 is 5.97 Å². The van der Waals surface area contributed by atoms with Gasteiger partial charge in [-0.25, -0.2) is 9.78 Å². The highest BCUT2D eigenvalue weighted by Gasteiger charge is 2.14. The van der Waals surface area contributed by atoms with Crippen molar-refractivity contribution in [2.75, 3.05) is 0 Å². The van der Waals surface area contributed by atoms with Crippen LogP contribution in [0.4, 0.5) is 0 Å². The van der Waals surface area contributed by atoms with Crippen LogP contribution in [-0.2, 0) is 6.54 Å². The van der Waals surface area contributed by atoms with Gasteiger partial charge in [0.15, 0.2) is 5.69 Å². The molecular weight excluding hydrogens is 268 g/mol. The van der Waals surface area contributed by atoms with Crippen molar-refractivity contribution in [3.63, 3.8) is 0 Å². The summed E-state index contributed by atoms with van der Waals surface area (Å²) in [5.41, 5.74) is 0.470. The summed E-state index contributed by atoms with van der Waals surface area (Å²) in [5.74, 6) is -0.109. The molecule has 0 atom stereocenters. The molecule has 6 nitrogen and oxygen atoms in total. The van der Waals surface area contributed by atoms with Crippen LogP contribution >= 0.6 is 11.3 Å². The molecule has 0 saturated carbocycles. The molecule has 19 heavy (non-hydrogen) atoms. The summed E-state index contributed by atoms with van der Waals surface area (Å²) in [5, 5.41) is 13.4. The zero-order valence-corrected chi connectivity index (χ0v) is 11.2. The Bertz CT molecular complexity index is 629. The fourth-order valence-electron chi connectivity index (χ4n) is 1.60. The summed E-state index contributed by atoms with van der Waals surface area (Å²) in [6, 6.07) is 1.66. The molecule has 100 valence electrons. The van der Waals surface area contributed by atoms with Gasteiger partial charge in [0.25, 0.3) is 5.91 Å². The van der Waals surface area contributed by atoms with E-state index < -0.39 is 5.97 Å². The van der Waals surface area contributed by atoms with Crippen molar-refractivity contribution in [2.45, 2.75) is 20.4 Å². The highest BCUT2D eigenvalue weighted by molar-refractivity contribution is 7.09. The number of carbonyl (C=O) groups is 2. The van der Waals surface area contributed by atoms with Gasteiger partial charge in [0.2, 0.25) is 0 Å². The molecule has 2 N–H and O–H groups in total. The fourth-order valence-corrected chi connectivity index (χ4v) is 2.31. The van der Waals surface area contributed by atoms with Crippen molar-refractivity contribution in [1.82, 2.24) is 10.3 Å². The molecule has 0 aliphatic carbocycles. The number of amides is 1. The van der Waals surface area contributed by atoms with E-state index in [1.165, 1.54) is 16.7 Å². The van der Waals surface area contributed by atoms with E-state index in [-0.39, 0.29) is 18.1 Å². The zero-order chi connectivity index (χ0) is 14.0. The van der Waals surface area contributed by atoms with E-state index in [9.17, 15) is 9.59 Å². The van der Waals surface area contributed by atoms with Crippen LogP contribution in [0.3, 0.4) is 0 Å². The van der Waals surface area contributed by atoms with E-state index in [0.29, 0.717) is 22.1 Å². The Balaban J connectivity index is 2.00. The lowest BCUT2D eigenvalue weighted by atomic mass is 10.2. The normalized spacial score (nSPS) is 10.4. The van der Waals surface area contributed by atoms with Crippen LogP contribution in [0.5, 0.6) is 0 Å². The number of aromatic carboxylic acids is 1. The summed E-state index contributed by atoms with van der Waals surface area (Å²) in [7, 11) is 0. The predicted octanol–water partition coefficient (Wildman–Crippen LogP) is 1.98. The number of hydrogen-bond donors (Lipinski definition) is 2. The van der Waals surface area contributed by atoms with E-state index in [0.717, 1.165) is 0 Å². The van der Waals surface area contributed by atoms with Crippen LogP contribution in [0.25, 0.3) is 0 Å². The number of rotatable bonds is 4. The van der Waals surface area contributed by atoms with E-state index in [1.54, 1.807) is 19.9 Å². The van der Waals surface area contributed by atoms with Crippen molar-refractivity contribution in [3.05, 3.63) is 39.2 Å². The second kappa shape index (κ2) is 5.23. The number of nitrogens with zero attached hydrogens (tertiary/aromatic N) is 1. The summed E-state index contributed by atoms with van der Waals surface area (Å²) in [6.45, 7) is 3.68. The number of carboxylic acid groups (broad SMARTS) is 1. The first-order valence-electron chi connectivity index (χ1n) is 5.50. The maximum Gasteiger partial charge on any atom is 0.355 e. The van der Waals surface area contributed by atoms with Crippen LogP contribution < -0.4 is 5.32 Å². The van der Waals surface area contributed by atoms with Crippen molar-refractivity contribution < 1.29 is 19.1 Å². The van der Waals surface area contributed by atoms with Gasteiger partial charge in [0, 0.05) is 5.38 Å². The molecule has 2 rings (SSSR count). The molecule has 2 aromatic rings. The number of thiazole rings is 1. The molecule has 2 heterocycles. The number of nitrogens with one attached hydrogen (secondary N) is 1. The van der Waals surface area contributed by atoms with Crippen LogP contribution in [0.2, 0.25) is 0 Å². The third-order valence-corrected chi connectivity index (χ3v) is 3.31. The van der Waals surface area contributed by atoms with Gasteiger partial charge in [-0.05, 0) is 19.9 Å². The Labute approximate surface area is 113 Å². The number of carboxylic acids is 1. The van der Waals surface area contributed by atoms with Crippen molar-refractivity contribution in [2.24, 2.45) is 0 Å². The Hall–Kier alpha value is -2.15. The molecule has 0 fully saturated rings. The maximum atomic E-state index is 11.9. The number of aryl methyl sites for hydroxylation is 2. The van der Waals surface area contributed by atoms with Gasteiger partial charge in [0.1, 0.15) is 16.5 Å². The average Bonchev–Trinajstić information content (AvgIpc) is 2.93. The summed E-state index contributed by atoms with van der Waals surface area (Å²) in [4.78, 5) is 26.4. The Morgan fingerprint density at radius 1 is 1.47 bits per heavy atom. The molecule has 0 aliphatic heterocycles. The first-order valence-corrected chi connectivity index (χ1v) is 6.38. The third kappa shape index (κ3) is 3.00. The quantitative estimate of drug-likeness (QED) is 0.893. The van der Waals surface area contributed by atoms with E-state index in [1.807, 2.05) is 0 Å². The molecule has 0 spiro atoms. The van der Waals surface area contributed by atoms with Crippen LogP contribution in [0.1, 0.15) is 37.4 Å². The summed E-state index contributed by atoms with van der Waals surface area (Å²) in [6.07, 6.45) is 0. The number of furan rings is 1. The standard InChI is InChI=1S/C12H12N2O4S/c1-6-3-8(7(2)18-6)11(15)13-4-10-14-9(5-19-10)12(16)17/h3,5H,4H2,1-2H3,(H,13,15)(H,16,17). The molecule has 2 aromatic heterocycles. The van der Waals surface area contributed by atoms with Crippen molar-refractivity contribution >= 4 is 23.2 Å². The van der Waals surface area contributed by atoms with Crippen molar-refractivity contribution in [3.8, 4) is 0 Å². The Morgan fingerprint density at radius 3 is 2.74 bits per heavy atom. The minimum Gasteiger partial charge on any atom is -0.476 e. The first kappa shape index (κ1) is 13.3. The molecule has 0 unspecified atom stereocenters. The maximum absolute atomic E-state index is 11.9. The Morgan fingerprint density at radius 2 is 2.21 bits per heavy atom. The number of carbonyl (C=O) groups excluding carboxylic acids is 1. The lowest BCUT2D eigenvalue weighted by Gasteiger charge is -2.01. The van der Waals surface area contributed by atoms with Crippen LogP contribution in [0, 0.1) is 13.8 Å². The second-order valence-corrected chi connectivity index (χ2v) is 4.88. The third-order valence-electron chi connectivity index (χ3n) is 2.46. The van der Waals surface area contributed by atoms with Crippen LogP contribution in [-0.4, -0.2) is 22.0 Å². The molecule has 0 aliphatic rings. The van der Waals surface area contributed by atoms with Gasteiger partial charge < -0.3 is 14.8 Å². The molecule has 7 heteroatoms. The second-order valence-electron chi connectivity index (χ2n) is 3.94. The molecule has 0 radical (unpaired) electrons. The molecule has 0 aromatic carbocycles. The fraction of sp³-hybridized carbons (Fsp3) is 0.250. The largest absolute Gasteiger partial charge is 0.476 e. The van der Waals surface area contributed by atoms with Crippen molar-refractivity contribution in [1.29, 1.82) is 0 Å². The number of hydrogen-bond acceptors (Lipinski definition) is 5. The smallest absolute Gasteiger partial charge is 0.355 e. The topological polar surface area (TPSA) is 92.4 Å². The molecule has 0 bridgehead atoms. The van der Waals surface area contributed by atoms with Gasteiger partial charge in [-0.1, -0.05) is 0 Å². The lowest BCUT2D eigenvalue weighted by molar-refractivity contribution is 0.0691. The molecule has 1 amide bonds. The van der Waals surface area contributed by atoms with Crippen LogP contribution in [0.15, 0.2) is 15.9 Å². The summed E-state index contributed by atoms with van der Waals surface area (Å²) >= 11 is 1.19. The summed E-state index contributed by atoms with van der Waals surface area (Å²) < 4.78 is 5.27. The lowest BCUT2D eigenvalue weighted by Crippen LogP contribution is -2.23. The highest BCUT2D eigenvalue weighted by atomic mass is 32.1. The average molecular weight is 280 g/mol. The first-order chi connectivity index (χ1) is 8.97. The van der Waals surface area contributed by atoms with Gasteiger partial charge in [-0.3, -0.25) is 4.79 Å². The molecular formula is C12H12N2O4S. The van der Waals surface area contributed by atoms with Gasteiger partial charge in [-0.2, -0.15) is 0 Å². The van der Waals surface area contributed by atoms with E-state index in [4.69, 9.17) is 9.52 Å². The van der Waals surface area contributed by atoms with E-state index in [2.05, 4.69) is 10.3 Å². The van der Waals surface area contributed by atoms with E-state index >= 15 is 0 Å².